The maximum atomic E-state index is 11.5. The largest absolute Gasteiger partial charge is 0.444 e. The van der Waals surface area contributed by atoms with Crippen LogP contribution in [0.15, 0.2) is 0 Å². The fourth-order valence-electron chi connectivity index (χ4n) is 1.11. The Hall–Kier alpha value is -0.420. The highest BCUT2D eigenvalue weighted by Gasteiger charge is 2.29. The molecule has 0 bridgehead atoms. The molecule has 14 heavy (non-hydrogen) atoms. The van der Waals surface area contributed by atoms with Gasteiger partial charge in [0.25, 0.3) is 0 Å². The predicted molar refractivity (Wildman–Crippen MR) is 56.3 cm³/mol. The van der Waals surface area contributed by atoms with Crippen LogP contribution >= 0.6 is 11.8 Å². The third-order valence-electron chi connectivity index (χ3n) is 1.75. The van der Waals surface area contributed by atoms with Crippen LogP contribution in [0.25, 0.3) is 0 Å². The Labute approximate surface area is 88.6 Å². The van der Waals surface area contributed by atoms with Crippen molar-refractivity contribution in [3.8, 4) is 0 Å². The summed E-state index contributed by atoms with van der Waals surface area (Å²) in [6, 6.07) is 0. The molecule has 1 heterocycles. The summed E-state index contributed by atoms with van der Waals surface area (Å²) < 4.78 is 5.21. The van der Waals surface area contributed by atoms with E-state index in [1.54, 1.807) is 16.7 Å². The first-order valence-corrected chi connectivity index (χ1v) is 5.67. The molecule has 1 atom stereocenters. The normalized spacial score (nSPS) is 22.6. The van der Waals surface area contributed by atoms with E-state index < -0.39 is 5.60 Å². The Morgan fingerprint density at radius 1 is 1.64 bits per heavy atom. The van der Waals surface area contributed by atoms with Gasteiger partial charge in [-0.1, -0.05) is 0 Å². The molecule has 4 nitrogen and oxygen atoms in total. The summed E-state index contributed by atoms with van der Waals surface area (Å²) in [7, 11) is 0. The second kappa shape index (κ2) is 4.40. The van der Waals surface area contributed by atoms with Crippen LogP contribution in [0, 0.1) is 0 Å². The topological polar surface area (TPSA) is 49.8 Å². The standard InChI is InChI=1S/C9H17NO3S/c1-9(2,3)13-8(12)10-4-7(5-11)14-6-10/h7,11H,4-6H2,1-3H3. The van der Waals surface area contributed by atoms with Gasteiger partial charge in [-0.25, -0.2) is 4.79 Å². The van der Waals surface area contributed by atoms with E-state index >= 15 is 0 Å². The van der Waals surface area contributed by atoms with E-state index in [1.807, 2.05) is 20.8 Å². The Balaban J connectivity index is 2.40. The average molecular weight is 219 g/mol. The number of carbonyl (C=O) groups excluding carboxylic acids is 1. The summed E-state index contributed by atoms with van der Waals surface area (Å²) in [6.07, 6.45) is -0.291. The molecule has 1 aliphatic heterocycles. The highest BCUT2D eigenvalue weighted by Crippen LogP contribution is 2.23. The van der Waals surface area contributed by atoms with Crippen LogP contribution in [-0.4, -0.2) is 46.0 Å². The monoisotopic (exact) mass is 219 g/mol. The summed E-state index contributed by atoms with van der Waals surface area (Å²) >= 11 is 1.58. The van der Waals surface area contributed by atoms with Crippen molar-refractivity contribution in [2.24, 2.45) is 0 Å². The maximum Gasteiger partial charge on any atom is 0.411 e. The third kappa shape index (κ3) is 3.38. The molecule has 0 aromatic carbocycles. The van der Waals surface area contributed by atoms with Gasteiger partial charge in [0.1, 0.15) is 5.60 Å². The zero-order valence-electron chi connectivity index (χ0n) is 8.82. The van der Waals surface area contributed by atoms with Crippen molar-refractivity contribution in [1.82, 2.24) is 4.90 Å². The maximum absolute atomic E-state index is 11.5. The molecule has 1 fully saturated rings. The van der Waals surface area contributed by atoms with Gasteiger partial charge in [-0.2, -0.15) is 0 Å². The minimum atomic E-state index is -0.445. The van der Waals surface area contributed by atoms with Crippen LogP contribution in [-0.2, 0) is 4.74 Å². The van der Waals surface area contributed by atoms with E-state index in [4.69, 9.17) is 9.84 Å². The molecule has 1 amide bonds. The van der Waals surface area contributed by atoms with Crippen LogP contribution in [0.4, 0.5) is 4.79 Å². The molecule has 5 heteroatoms. The molecule has 1 N–H and O–H groups in total. The lowest BCUT2D eigenvalue weighted by molar-refractivity contribution is 0.0296. The van der Waals surface area contributed by atoms with Crippen LogP contribution in [0.3, 0.4) is 0 Å². The highest BCUT2D eigenvalue weighted by molar-refractivity contribution is 8.00. The summed E-state index contributed by atoms with van der Waals surface area (Å²) in [5.74, 6) is 0.611. The molecule has 1 rings (SSSR count). The van der Waals surface area contributed by atoms with E-state index in [0.29, 0.717) is 12.4 Å². The number of rotatable bonds is 1. The first kappa shape index (κ1) is 11.7. The van der Waals surface area contributed by atoms with Gasteiger partial charge < -0.3 is 9.84 Å². The lowest BCUT2D eigenvalue weighted by Gasteiger charge is -2.23. The molecular formula is C9H17NO3S. The molecule has 1 unspecified atom stereocenters. The first-order chi connectivity index (χ1) is 6.42. The Bertz CT molecular complexity index is 215. The van der Waals surface area contributed by atoms with Crippen molar-refractivity contribution in [3.63, 3.8) is 0 Å². The van der Waals surface area contributed by atoms with Gasteiger partial charge in [-0.3, -0.25) is 4.90 Å². The molecule has 0 aromatic heterocycles. The zero-order chi connectivity index (χ0) is 10.8. The van der Waals surface area contributed by atoms with Gasteiger partial charge in [-0.05, 0) is 20.8 Å². The van der Waals surface area contributed by atoms with Crippen molar-refractivity contribution in [1.29, 1.82) is 0 Å². The highest BCUT2D eigenvalue weighted by atomic mass is 32.2. The molecule has 1 aliphatic rings. The summed E-state index contributed by atoms with van der Waals surface area (Å²) in [4.78, 5) is 13.2. The zero-order valence-corrected chi connectivity index (χ0v) is 9.63. The van der Waals surface area contributed by atoms with Gasteiger partial charge in [0.05, 0.1) is 12.5 Å². The minimum Gasteiger partial charge on any atom is -0.444 e. The molecular weight excluding hydrogens is 202 g/mol. The second-order valence-corrected chi connectivity index (χ2v) is 5.56. The lowest BCUT2D eigenvalue weighted by atomic mass is 10.2. The van der Waals surface area contributed by atoms with Crippen molar-refractivity contribution in [3.05, 3.63) is 0 Å². The van der Waals surface area contributed by atoms with Crippen LogP contribution in [0.1, 0.15) is 20.8 Å². The number of ether oxygens (including phenoxy) is 1. The van der Waals surface area contributed by atoms with Crippen molar-refractivity contribution < 1.29 is 14.6 Å². The van der Waals surface area contributed by atoms with E-state index in [9.17, 15) is 4.79 Å². The molecule has 0 radical (unpaired) electrons. The molecule has 0 aliphatic carbocycles. The number of carbonyl (C=O) groups is 1. The van der Waals surface area contributed by atoms with Crippen molar-refractivity contribution >= 4 is 17.9 Å². The predicted octanol–water partition coefficient (Wildman–Crippen LogP) is 1.29. The van der Waals surface area contributed by atoms with Crippen LogP contribution in [0.5, 0.6) is 0 Å². The smallest absolute Gasteiger partial charge is 0.411 e. The number of aliphatic hydroxyl groups excluding tert-OH is 1. The van der Waals surface area contributed by atoms with E-state index in [-0.39, 0.29) is 18.0 Å². The summed E-state index contributed by atoms with van der Waals surface area (Å²) in [5.41, 5.74) is -0.445. The second-order valence-electron chi connectivity index (χ2n) is 4.30. The van der Waals surface area contributed by atoms with E-state index in [1.165, 1.54) is 0 Å². The van der Waals surface area contributed by atoms with Gasteiger partial charge in [0.2, 0.25) is 0 Å². The molecule has 0 aromatic rings. The molecule has 82 valence electrons. The SMILES string of the molecule is CC(C)(C)OC(=O)N1CSC(CO)C1. The Morgan fingerprint density at radius 2 is 2.29 bits per heavy atom. The molecule has 0 saturated carbocycles. The summed E-state index contributed by atoms with van der Waals surface area (Å²) in [6.45, 7) is 6.23. The number of hydrogen-bond acceptors (Lipinski definition) is 4. The fourth-order valence-corrected chi connectivity index (χ4v) is 2.10. The van der Waals surface area contributed by atoms with E-state index in [2.05, 4.69) is 0 Å². The van der Waals surface area contributed by atoms with Gasteiger partial charge >= 0.3 is 6.09 Å². The van der Waals surface area contributed by atoms with Crippen LogP contribution in [0.2, 0.25) is 0 Å². The summed E-state index contributed by atoms with van der Waals surface area (Å²) in [5, 5.41) is 9.04. The number of aliphatic hydroxyl groups is 1. The molecule has 1 saturated heterocycles. The number of thioether (sulfide) groups is 1. The Kier molecular flexibility index (Phi) is 3.66. The lowest BCUT2D eigenvalue weighted by Crippen LogP contribution is -2.36. The first-order valence-electron chi connectivity index (χ1n) is 4.63. The quantitative estimate of drug-likeness (QED) is 0.722. The number of hydrogen-bond donors (Lipinski definition) is 1. The van der Waals surface area contributed by atoms with Crippen molar-refractivity contribution in [2.45, 2.75) is 31.6 Å². The van der Waals surface area contributed by atoms with Crippen molar-refractivity contribution in [2.75, 3.05) is 19.0 Å². The number of amides is 1. The minimum absolute atomic E-state index is 0.115. The Morgan fingerprint density at radius 3 is 2.71 bits per heavy atom. The van der Waals surface area contributed by atoms with Crippen LogP contribution < -0.4 is 0 Å². The van der Waals surface area contributed by atoms with E-state index in [0.717, 1.165) is 0 Å². The van der Waals surface area contributed by atoms with Gasteiger partial charge in [0.15, 0.2) is 0 Å². The number of nitrogens with zero attached hydrogens (tertiary/aromatic N) is 1. The molecule has 0 spiro atoms. The van der Waals surface area contributed by atoms with Gasteiger partial charge in [0, 0.05) is 11.8 Å². The average Bonchev–Trinajstić information content (AvgIpc) is 2.48. The fraction of sp³-hybridized carbons (Fsp3) is 0.889. The van der Waals surface area contributed by atoms with Gasteiger partial charge in [-0.15, -0.1) is 11.8 Å². The third-order valence-corrected chi connectivity index (χ3v) is 2.98.